The van der Waals surface area contributed by atoms with Crippen molar-refractivity contribution < 1.29 is 14.5 Å². The van der Waals surface area contributed by atoms with Crippen LogP contribution >= 0.6 is 0 Å². The zero-order valence-corrected chi connectivity index (χ0v) is 12.9. The minimum atomic E-state index is -0.507. The van der Waals surface area contributed by atoms with E-state index in [0.717, 1.165) is 12.8 Å². The van der Waals surface area contributed by atoms with Gasteiger partial charge in [-0.1, -0.05) is 6.07 Å². The Hall–Kier alpha value is -3.03. The van der Waals surface area contributed by atoms with E-state index in [2.05, 4.69) is 10.2 Å². The van der Waals surface area contributed by atoms with Crippen LogP contribution in [0.5, 0.6) is 5.88 Å². The molecule has 1 aliphatic heterocycles. The molecule has 8 nitrogen and oxygen atoms in total. The molecule has 0 N–H and O–H groups in total. The van der Waals surface area contributed by atoms with Crippen LogP contribution in [0, 0.1) is 10.1 Å². The molecule has 8 heteroatoms. The van der Waals surface area contributed by atoms with Crippen molar-refractivity contribution in [1.29, 1.82) is 0 Å². The smallest absolute Gasteiger partial charge is 0.270 e. The second kappa shape index (κ2) is 7.03. The van der Waals surface area contributed by atoms with Crippen LogP contribution in [0.25, 0.3) is 0 Å². The van der Waals surface area contributed by atoms with Gasteiger partial charge in [-0.05, 0) is 25.0 Å². The van der Waals surface area contributed by atoms with Crippen LogP contribution in [0.1, 0.15) is 23.2 Å². The Kier molecular flexibility index (Phi) is 4.64. The fourth-order valence-electron chi connectivity index (χ4n) is 2.67. The molecule has 2 heterocycles. The van der Waals surface area contributed by atoms with Crippen molar-refractivity contribution in [3.8, 4) is 5.88 Å². The topological polar surface area (TPSA) is 98.5 Å². The molecule has 1 aromatic heterocycles. The molecule has 1 fully saturated rings. The molecule has 24 heavy (non-hydrogen) atoms. The summed E-state index contributed by atoms with van der Waals surface area (Å²) in [7, 11) is 0. The van der Waals surface area contributed by atoms with Crippen molar-refractivity contribution in [2.75, 3.05) is 13.1 Å². The number of aromatic nitrogens is 2. The molecule has 0 saturated carbocycles. The van der Waals surface area contributed by atoms with Gasteiger partial charge in [0.05, 0.1) is 11.5 Å². The molecule has 0 bridgehead atoms. The third-order valence-corrected chi connectivity index (χ3v) is 3.80. The first-order chi connectivity index (χ1) is 11.6. The van der Waals surface area contributed by atoms with Gasteiger partial charge < -0.3 is 9.64 Å². The van der Waals surface area contributed by atoms with E-state index in [0.29, 0.717) is 24.5 Å². The minimum Gasteiger partial charge on any atom is -0.471 e. The summed E-state index contributed by atoms with van der Waals surface area (Å²) in [6.45, 7) is 1.01. The van der Waals surface area contributed by atoms with E-state index >= 15 is 0 Å². The number of carbonyl (C=O) groups is 1. The van der Waals surface area contributed by atoms with E-state index in [-0.39, 0.29) is 17.7 Å². The summed E-state index contributed by atoms with van der Waals surface area (Å²) in [5.41, 5.74) is 0.217. The van der Waals surface area contributed by atoms with Gasteiger partial charge in [0, 0.05) is 36.5 Å². The molecule has 1 atom stereocenters. The highest BCUT2D eigenvalue weighted by molar-refractivity contribution is 5.94. The zero-order valence-electron chi connectivity index (χ0n) is 12.9. The normalized spacial score (nSPS) is 17.3. The summed E-state index contributed by atoms with van der Waals surface area (Å²) in [5.74, 6) is 0.193. The Morgan fingerprint density at radius 1 is 1.33 bits per heavy atom. The van der Waals surface area contributed by atoms with Gasteiger partial charge in [0.25, 0.3) is 11.6 Å². The van der Waals surface area contributed by atoms with Crippen molar-refractivity contribution in [1.82, 2.24) is 15.1 Å². The number of hydrogen-bond donors (Lipinski definition) is 0. The summed E-state index contributed by atoms with van der Waals surface area (Å²) in [4.78, 5) is 24.6. The van der Waals surface area contributed by atoms with Crippen LogP contribution in [0.2, 0.25) is 0 Å². The van der Waals surface area contributed by atoms with Crippen LogP contribution in [-0.2, 0) is 0 Å². The zero-order chi connectivity index (χ0) is 16.9. The van der Waals surface area contributed by atoms with E-state index in [1.54, 1.807) is 29.3 Å². The van der Waals surface area contributed by atoms with E-state index in [1.807, 2.05) is 0 Å². The maximum Gasteiger partial charge on any atom is 0.270 e. The molecule has 3 rings (SSSR count). The largest absolute Gasteiger partial charge is 0.471 e. The number of likely N-dealkylation sites (tertiary alicyclic amines) is 1. The first-order valence-corrected chi connectivity index (χ1v) is 7.61. The molecule has 0 aliphatic carbocycles. The summed E-state index contributed by atoms with van der Waals surface area (Å²) in [5, 5.41) is 18.5. The highest BCUT2D eigenvalue weighted by Crippen LogP contribution is 2.20. The van der Waals surface area contributed by atoms with Crippen molar-refractivity contribution in [2.45, 2.75) is 18.9 Å². The monoisotopic (exact) mass is 328 g/mol. The van der Waals surface area contributed by atoms with Gasteiger partial charge in [-0.3, -0.25) is 14.9 Å². The molecule has 1 saturated heterocycles. The number of nitrogens with zero attached hydrogens (tertiary/aromatic N) is 4. The Labute approximate surface area is 138 Å². The number of nitro groups is 1. The van der Waals surface area contributed by atoms with E-state index < -0.39 is 4.92 Å². The third-order valence-electron chi connectivity index (χ3n) is 3.80. The molecule has 1 unspecified atom stereocenters. The minimum absolute atomic E-state index is 0.0924. The number of rotatable bonds is 4. The summed E-state index contributed by atoms with van der Waals surface area (Å²) >= 11 is 0. The van der Waals surface area contributed by atoms with Crippen LogP contribution in [0.4, 0.5) is 5.69 Å². The number of carbonyl (C=O) groups excluding carboxylic acids is 1. The fraction of sp³-hybridized carbons (Fsp3) is 0.312. The van der Waals surface area contributed by atoms with Crippen LogP contribution in [0.3, 0.4) is 0 Å². The number of ether oxygens (including phenoxy) is 1. The molecular formula is C16H16N4O4. The van der Waals surface area contributed by atoms with E-state index in [9.17, 15) is 14.9 Å². The molecule has 2 aromatic rings. The predicted octanol–water partition coefficient (Wildman–Crippen LogP) is 2.07. The lowest BCUT2D eigenvalue weighted by atomic mass is 10.1. The van der Waals surface area contributed by atoms with Gasteiger partial charge in [-0.15, -0.1) is 5.10 Å². The highest BCUT2D eigenvalue weighted by Gasteiger charge is 2.26. The quantitative estimate of drug-likeness (QED) is 0.629. The van der Waals surface area contributed by atoms with Crippen LogP contribution in [0.15, 0.2) is 42.6 Å². The Bertz CT molecular complexity index is 738. The van der Waals surface area contributed by atoms with Gasteiger partial charge in [-0.25, -0.2) is 0 Å². The third kappa shape index (κ3) is 3.65. The molecule has 124 valence electrons. The second-order valence-corrected chi connectivity index (χ2v) is 5.50. The van der Waals surface area contributed by atoms with Gasteiger partial charge in [0.1, 0.15) is 6.10 Å². The van der Waals surface area contributed by atoms with Gasteiger partial charge in [0.15, 0.2) is 0 Å². The number of non-ortho nitro benzene ring substituents is 1. The SMILES string of the molecule is O=C(c1cccc([N+](=O)[O-])c1)N1CCCC(Oc2cccnn2)C1. The van der Waals surface area contributed by atoms with Gasteiger partial charge >= 0.3 is 0 Å². The Balaban J connectivity index is 1.69. The standard InChI is InChI=1S/C16H16N4O4/c21-16(12-4-1-5-13(10-12)20(22)23)19-9-3-6-14(11-19)24-15-7-2-8-17-18-15/h1-2,4-5,7-8,10,14H,3,6,9,11H2. The molecule has 1 aliphatic rings. The highest BCUT2D eigenvalue weighted by atomic mass is 16.6. The Morgan fingerprint density at radius 3 is 2.96 bits per heavy atom. The van der Waals surface area contributed by atoms with Gasteiger partial charge in [0.2, 0.25) is 5.88 Å². The fourth-order valence-corrected chi connectivity index (χ4v) is 2.67. The number of piperidine rings is 1. The lowest BCUT2D eigenvalue weighted by Gasteiger charge is -2.32. The first kappa shape index (κ1) is 15.9. The molecule has 1 amide bonds. The maximum absolute atomic E-state index is 12.6. The lowest BCUT2D eigenvalue weighted by Crippen LogP contribution is -2.44. The lowest BCUT2D eigenvalue weighted by molar-refractivity contribution is -0.384. The average molecular weight is 328 g/mol. The molecule has 0 spiro atoms. The number of hydrogen-bond acceptors (Lipinski definition) is 6. The number of nitro benzene ring substituents is 1. The molecule has 0 radical (unpaired) electrons. The molecule has 1 aromatic carbocycles. The second-order valence-electron chi connectivity index (χ2n) is 5.50. The van der Waals surface area contributed by atoms with Crippen molar-refractivity contribution in [3.05, 3.63) is 58.3 Å². The molecular weight excluding hydrogens is 312 g/mol. The number of benzene rings is 1. The van der Waals surface area contributed by atoms with Crippen LogP contribution < -0.4 is 4.74 Å². The van der Waals surface area contributed by atoms with Crippen molar-refractivity contribution in [3.63, 3.8) is 0 Å². The summed E-state index contributed by atoms with van der Waals surface area (Å²) < 4.78 is 5.76. The predicted molar refractivity (Wildman–Crippen MR) is 84.7 cm³/mol. The summed E-state index contributed by atoms with van der Waals surface area (Å²) in [6.07, 6.45) is 3.00. The van der Waals surface area contributed by atoms with E-state index in [1.165, 1.54) is 18.2 Å². The Morgan fingerprint density at radius 2 is 2.21 bits per heavy atom. The average Bonchev–Trinajstić information content (AvgIpc) is 2.62. The maximum atomic E-state index is 12.6. The van der Waals surface area contributed by atoms with Crippen LogP contribution in [-0.4, -0.2) is 45.1 Å². The van der Waals surface area contributed by atoms with Crippen molar-refractivity contribution in [2.24, 2.45) is 0 Å². The first-order valence-electron chi connectivity index (χ1n) is 7.61. The van der Waals surface area contributed by atoms with Crippen molar-refractivity contribution >= 4 is 11.6 Å². The van der Waals surface area contributed by atoms with Gasteiger partial charge in [-0.2, -0.15) is 5.10 Å². The number of amides is 1. The van der Waals surface area contributed by atoms with E-state index in [4.69, 9.17) is 4.74 Å². The summed E-state index contributed by atoms with van der Waals surface area (Å²) in [6, 6.07) is 9.22.